The summed E-state index contributed by atoms with van der Waals surface area (Å²) in [5.41, 5.74) is 5.68. The van der Waals surface area contributed by atoms with Crippen molar-refractivity contribution in [2.75, 3.05) is 13.2 Å². The first kappa shape index (κ1) is 18.9. The Kier molecular flexibility index (Phi) is 6.27. The number of hydrogen-bond donors (Lipinski definition) is 8. The number of rotatable bonds is 4. The lowest BCUT2D eigenvalue weighted by atomic mass is 9.97. The van der Waals surface area contributed by atoms with Gasteiger partial charge in [0, 0.05) is 0 Å². The number of ether oxygens (including phenoxy) is 3. The third kappa shape index (κ3) is 3.65. The Labute approximate surface area is 131 Å². The van der Waals surface area contributed by atoms with Crippen molar-refractivity contribution >= 4 is 0 Å². The van der Waals surface area contributed by atoms with Crippen LogP contribution in [0.25, 0.3) is 0 Å². The van der Waals surface area contributed by atoms with E-state index in [4.69, 9.17) is 30.2 Å². The third-order valence-corrected chi connectivity index (χ3v) is 4.05. The topological polar surface area (TPSA) is 195 Å². The van der Waals surface area contributed by atoms with E-state index >= 15 is 0 Å². The van der Waals surface area contributed by atoms with Gasteiger partial charge in [-0.25, -0.2) is 0 Å². The Morgan fingerprint density at radius 1 is 0.696 bits per heavy atom. The molecule has 11 nitrogen and oxygen atoms in total. The van der Waals surface area contributed by atoms with Gasteiger partial charge in [0.15, 0.2) is 12.6 Å². The Balaban J connectivity index is 2.07. The Morgan fingerprint density at radius 3 is 1.70 bits per heavy atom. The molecule has 0 aromatic rings. The molecule has 0 aliphatic carbocycles. The van der Waals surface area contributed by atoms with Crippen molar-refractivity contribution in [1.29, 1.82) is 0 Å². The number of hydrogen-bond acceptors (Lipinski definition) is 11. The summed E-state index contributed by atoms with van der Waals surface area (Å²) in [6.45, 7) is -1.25. The number of aliphatic hydroxyl groups excluding tert-OH is 7. The molecule has 10 atom stereocenters. The first-order chi connectivity index (χ1) is 10.8. The van der Waals surface area contributed by atoms with Gasteiger partial charge in [-0.15, -0.1) is 0 Å². The van der Waals surface area contributed by atoms with E-state index < -0.39 is 74.6 Å². The molecule has 0 bridgehead atoms. The van der Waals surface area contributed by atoms with Crippen LogP contribution in [-0.2, 0) is 14.2 Å². The van der Waals surface area contributed by atoms with E-state index in [1.165, 1.54) is 0 Å². The fourth-order valence-electron chi connectivity index (χ4n) is 2.54. The van der Waals surface area contributed by atoms with Crippen molar-refractivity contribution in [1.82, 2.24) is 0 Å². The highest BCUT2D eigenvalue weighted by atomic mass is 16.8. The van der Waals surface area contributed by atoms with E-state index in [9.17, 15) is 25.5 Å². The molecule has 2 aliphatic heterocycles. The predicted molar refractivity (Wildman–Crippen MR) is 70.6 cm³/mol. The fraction of sp³-hybridized carbons (Fsp3) is 1.00. The van der Waals surface area contributed by atoms with Gasteiger partial charge in [-0.1, -0.05) is 0 Å². The summed E-state index contributed by atoms with van der Waals surface area (Å²) in [6, 6.07) is -1.22. The first-order valence-corrected chi connectivity index (χ1v) is 7.15. The Bertz CT molecular complexity index is 349. The minimum Gasteiger partial charge on any atom is -0.394 e. The van der Waals surface area contributed by atoms with Crippen molar-refractivity contribution in [3.63, 3.8) is 0 Å². The molecule has 2 fully saturated rings. The lowest BCUT2D eigenvalue weighted by Crippen LogP contribution is -2.65. The molecule has 9 N–H and O–H groups in total. The second kappa shape index (κ2) is 7.63. The molecule has 2 heterocycles. The second-order valence-corrected chi connectivity index (χ2v) is 5.62. The molecular weight excluding hydrogens is 318 g/mol. The first-order valence-electron chi connectivity index (χ1n) is 7.15. The normalized spacial score (nSPS) is 51.7. The fourth-order valence-corrected chi connectivity index (χ4v) is 2.54. The van der Waals surface area contributed by atoms with Crippen LogP contribution >= 0.6 is 0 Å². The summed E-state index contributed by atoms with van der Waals surface area (Å²) < 4.78 is 15.6. The van der Waals surface area contributed by atoms with Gasteiger partial charge in [0.1, 0.15) is 42.7 Å². The average molecular weight is 341 g/mol. The maximum atomic E-state index is 9.88. The zero-order chi connectivity index (χ0) is 17.3. The van der Waals surface area contributed by atoms with Crippen LogP contribution in [-0.4, -0.2) is 110 Å². The third-order valence-electron chi connectivity index (χ3n) is 4.05. The molecule has 0 aromatic heterocycles. The van der Waals surface area contributed by atoms with E-state index in [0.717, 1.165) is 0 Å². The summed E-state index contributed by atoms with van der Waals surface area (Å²) in [4.78, 5) is 0. The van der Waals surface area contributed by atoms with E-state index in [1.54, 1.807) is 0 Å². The monoisotopic (exact) mass is 341 g/mol. The highest BCUT2D eigenvalue weighted by Gasteiger charge is 2.48. The van der Waals surface area contributed by atoms with E-state index in [2.05, 4.69) is 0 Å². The molecule has 11 heteroatoms. The van der Waals surface area contributed by atoms with Crippen LogP contribution in [0.3, 0.4) is 0 Å². The maximum Gasteiger partial charge on any atom is 0.189 e. The van der Waals surface area contributed by atoms with Gasteiger partial charge in [0.05, 0.1) is 19.3 Å². The van der Waals surface area contributed by atoms with Crippen LogP contribution < -0.4 is 5.73 Å². The molecule has 0 saturated carbocycles. The van der Waals surface area contributed by atoms with Gasteiger partial charge in [-0.3, -0.25) is 0 Å². The van der Waals surface area contributed by atoms with Crippen molar-refractivity contribution in [2.45, 2.75) is 61.3 Å². The van der Waals surface area contributed by atoms with Gasteiger partial charge in [-0.05, 0) is 0 Å². The minimum atomic E-state index is -1.67. The van der Waals surface area contributed by atoms with Crippen LogP contribution in [0.15, 0.2) is 0 Å². The van der Waals surface area contributed by atoms with Crippen LogP contribution in [0.1, 0.15) is 0 Å². The van der Waals surface area contributed by atoms with Crippen LogP contribution in [0, 0.1) is 0 Å². The largest absolute Gasteiger partial charge is 0.394 e. The van der Waals surface area contributed by atoms with Gasteiger partial charge in [-0.2, -0.15) is 0 Å². The SMILES string of the molecule is N[C@H]1C(OC2O[C@H](CO)[C@@H](O)[C@H](O)[C@H]2O)O[C@H](CO)[C@@H](O)[C@@H]1O. The molecule has 2 aliphatic rings. The van der Waals surface area contributed by atoms with E-state index in [-0.39, 0.29) is 0 Å². The molecule has 2 rings (SSSR count). The number of aliphatic hydroxyl groups is 7. The highest BCUT2D eigenvalue weighted by molar-refractivity contribution is 4.93. The molecule has 136 valence electrons. The van der Waals surface area contributed by atoms with Crippen LogP contribution in [0.4, 0.5) is 0 Å². The standard InChI is InChI=1S/C12H23NO10/c13-5-8(18)6(16)3(1-14)21-11(5)23-12-10(20)9(19)7(17)4(2-15)22-12/h3-12,14-20H,1-2,13H2/t3-,4-,5-,6-,7-,8-,9+,10-,11?,12?/m1/s1. The summed E-state index contributed by atoms with van der Waals surface area (Å²) in [5, 5.41) is 67.0. The van der Waals surface area contributed by atoms with Crippen molar-refractivity contribution in [3.05, 3.63) is 0 Å². The smallest absolute Gasteiger partial charge is 0.189 e. The Morgan fingerprint density at radius 2 is 1.17 bits per heavy atom. The summed E-state index contributed by atoms with van der Waals surface area (Å²) >= 11 is 0. The molecule has 2 saturated heterocycles. The average Bonchev–Trinajstić information content (AvgIpc) is 2.55. The van der Waals surface area contributed by atoms with Gasteiger partial charge in [0.25, 0.3) is 0 Å². The molecule has 23 heavy (non-hydrogen) atoms. The van der Waals surface area contributed by atoms with E-state index in [0.29, 0.717) is 0 Å². The van der Waals surface area contributed by atoms with Crippen LogP contribution in [0.5, 0.6) is 0 Å². The molecule has 0 radical (unpaired) electrons. The van der Waals surface area contributed by atoms with Gasteiger partial charge >= 0.3 is 0 Å². The molecule has 0 spiro atoms. The van der Waals surface area contributed by atoms with Crippen molar-refractivity contribution < 1.29 is 50.0 Å². The van der Waals surface area contributed by atoms with Crippen molar-refractivity contribution in [3.8, 4) is 0 Å². The summed E-state index contributed by atoms with van der Waals surface area (Å²) in [6.07, 6.45) is -13.0. The van der Waals surface area contributed by atoms with Crippen LogP contribution in [0.2, 0.25) is 0 Å². The van der Waals surface area contributed by atoms with Gasteiger partial charge in [0.2, 0.25) is 0 Å². The lowest BCUT2D eigenvalue weighted by Gasteiger charge is -2.45. The maximum absolute atomic E-state index is 9.88. The molecule has 2 unspecified atom stereocenters. The second-order valence-electron chi connectivity index (χ2n) is 5.62. The van der Waals surface area contributed by atoms with Crippen molar-refractivity contribution in [2.24, 2.45) is 5.73 Å². The minimum absolute atomic E-state index is 0.612. The Hall–Kier alpha value is -0.440. The highest BCUT2D eigenvalue weighted by Crippen LogP contribution is 2.27. The number of nitrogens with two attached hydrogens (primary N) is 1. The predicted octanol–water partition coefficient (Wildman–Crippen LogP) is -5.43. The summed E-state index contributed by atoms with van der Waals surface area (Å²) in [5.74, 6) is 0. The van der Waals surface area contributed by atoms with E-state index in [1.807, 2.05) is 0 Å². The molecule has 0 amide bonds. The quantitative estimate of drug-likeness (QED) is 0.243. The molecule has 0 aromatic carbocycles. The molecular formula is C12H23NO10. The summed E-state index contributed by atoms with van der Waals surface area (Å²) in [7, 11) is 0. The lowest BCUT2D eigenvalue weighted by molar-refractivity contribution is -0.361. The zero-order valence-electron chi connectivity index (χ0n) is 12.1. The van der Waals surface area contributed by atoms with Gasteiger partial charge < -0.3 is 55.7 Å². The zero-order valence-corrected chi connectivity index (χ0v) is 12.1.